The molecule has 0 fully saturated rings. The zero-order chi connectivity index (χ0) is 27.1. The van der Waals surface area contributed by atoms with E-state index in [2.05, 4.69) is 15.5 Å². The lowest BCUT2D eigenvalue weighted by Gasteiger charge is -2.25. The van der Waals surface area contributed by atoms with Crippen LogP contribution in [0.2, 0.25) is 5.02 Å². The standard InChI is InChI=1S/C23H23ClF3N5O3S2/c1-12-9-13(2)20(16-6-4-3-5-15(12)16)32-21(23(25,26)27)30-31-22(32)36-11-19(33)29-18-8-7-14(10-17(18)24)37(28,34)35/h7-10H,3-6,11H2,1-2H3,(H,29,33)(H2,28,34,35). The Balaban J connectivity index is 1.65. The summed E-state index contributed by atoms with van der Waals surface area (Å²) in [5, 5.41) is 14.7. The Bertz CT molecular complexity index is 1490. The number of nitrogens with zero attached hydrogens (tertiary/aromatic N) is 3. The fourth-order valence-electron chi connectivity index (χ4n) is 4.47. The minimum Gasteiger partial charge on any atom is -0.324 e. The van der Waals surface area contributed by atoms with E-state index in [4.69, 9.17) is 16.7 Å². The van der Waals surface area contributed by atoms with Gasteiger partial charge in [0.2, 0.25) is 21.8 Å². The summed E-state index contributed by atoms with van der Waals surface area (Å²) < 4.78 is 65.8. The lowest BCUT2D eigenvalue weighted by atomic mass is 9.85. The van der Waals surface area contributed by atoms with Gasteiger partial charge in [0.15, 0.2) is 5.16 Å². The Hall–Kier alpha value is -2.61. The van der Waals surface area contributed by atoms with Crippen LogP contribution in [-0.4, -0.2) is 34.8 Å². The molecule has 1 aromatic heterocycles. The Morgan fingerprint density at radius 1 is 1.14 bits per heavy atom. The third kappa shape index (κ3) is 5.79. The van der Waals surface area contributed by atoms with Gasteiger partial charge in [0.25, 0.3) is 0 Å². The number of rotatable bonds is 6. The molecule has 0 saturated carbocycles. The van der Waals surface area contributed by atoms with Gasteiger partial charge < -0.3 is 5.32 Å². The lowest BCUT2D eigenvalue weighted by Crippen LogP contribution is -2.19. The largest absolute Gasteiger partial charge is 0.452 e. The highest BCUT2D eigenvalue weighted by Gasteiger charge is 2.40. The van der Waals surface area contributed by atoms with Crippen LogP contribution in [-0.2, 0) is 33.8 Å². The second-order valence-corrected chi connectivity index (χ2v) is 11.6. The van der Waals surface area contributed by atoms with Crippen LogP contribution in [0.4, 0.5) is 18.9 Å². The highest BCUT2D eigenvalue weighted by Crippen LogP contribution is 2.38. The number of alkyl halides is 3. The van der Waals surface area contributed by atoms with Crippen molar-refractivity contribution in [1.82, 2.24) is 14.8 Å². The van der Waals surface area contributed by atoms with Crippen molar-refractivity contribution in [1.29, 1.82) is 0 Å². The van der Waals surface area contributed by atoms with Crippen LogP contribution in [0.3, 0.4) is 0 Å². The summed E-state index contributed by atoms with van der Waals surface area (Å²) in [4.78, 5) is 12.4. The van der Waals surface area contributed by atoms with Crippen molar-refractivity contribution in [3.05, 3.63) is 57.4 Å². The number of aryl methyl sites for hydroxylation is 2. The van der Waals surface area contributed by atoms with E-state index in [0.29, 0.717) is 17.7 Å². The molecule has 8 nitrogen and oxygen atoms in total. The molecule has 37 heavy (non-hydrogen) atoms. The number of thioether (sulfide) groups is 1. The number of primary sulfonamides is 1. The van der Waals surface area contributed by atoms with E-state index in [-0.39, 0.29) is 26.5 Å². The first-order chi connectivity index (χ1) is 17.3. The molecule has 0 aliphatic heterocycles. The summed E-state index contributed by atoms with van der Waals surface area (Å²) in [7, 11) is -3.98. The van der Waals surface area contributed by atoms with Gasteiger partial charge in [-0.1, -0.05) is 29.4 Å². The van der Waals surface area contributed by atoms with E-state index in [1.165, 1.54) is 12.1 Å². The molecule has 14 heteroatoms. The Labute approximate surface area is 220 Å². The second kappa shape index (κ2) is 10.3. The van der Waals surface area contributed by atoms with Gasteiger partial charge in [0.1, 0.15) is 0 Å². The average Bonchev–Trinajstić information content (AvgIpc) is 3.22. The molecule has 1 aliphatic carbocycles. The van der Waals surface area contributed by atoms with E-state index >= 15 is 0 Å². The monoisotopic (exact) mass is 573 g/mol. The topological polar surface area (TPSA) is 120 Å². The summed E-state index contributed by atoms with van der Waals surface area (Å²) in [6.45, 7) is 3.71. The number of amides is 1. The van der Waals surface area contributed by atoms with Crippen LogP contribution < -0.4 is 10.5 Å². The maximum atomic E-state index is 14.0. The van der Waals surface area contributed by atoms with E-state index in [0.717, 1.165) is 58.3 Å². The number of fused-ring (bicyclic) bond motifs is 1. The molecule has 0 spiro atoms. The third-order valence-electron chi connectivity index (χ3n) is 6.02. The van der Waals surface area contributed by atoms with Gasteiger partial charge in [-0.3, -0.25) is 9.36 Å². The number of sulfonamides is 1. The molecule has 0 radical (unpaired) electrons. The van der Waals surface area contributed by atoms with Crippen LogP contribution in [0.5, 0.6) is 0 Å². The highest BCUT2D eigenvalue weighted by atomic mass is 35.5. The smallest absolute Gasteiger partial charge is 0.324 e. The molecule has 0 saturated heterocycles. The molecular weight excluding hydrogens is 551 g/mol. The summed E-state index contributed by atoms with van der Waals surface area (Å²) in [5.41, 5.74) is 4.12. The van der Waals surface area contributed by atoms with Crippen molar-refractivity contribution in [2.24, 2.45) is 5.14 Å². The summed E-state index contributed by atoms with van der Waals surface area (Å²) >= 11 is 6.86. The fraction of sp³-hybridized carbons (Fsp3) is 0.348. The molecule has 2 aromatic carbocycles. The second-order valence-electron chi connectivity index (χ2n) is 8.69. The minimum atomic E-state index is -4.76. The fourth-order valence-corrected chi connectivity index (χ4v) is 6.04. The highest BCUT2D eigenvalue weighted by molar-refractivity contribution is 7.99. The predicted molar refractivity (Wildman–Crippen MR) is 135 cm³/mol. The molecule has 1 heterocycles. The molecule has 3 aromatic rings. The number of aromatic nitrogens is 3. The number of nitrogens with one attached hydrogen (secondary N) is 1. The van der Waals surface area contributed by atoms with Gasteiger partial charge in [-0.2, -0.15) is 13.2 Å². The minimum absolute atomic E-state index is 0.0608. The summed E-state index contributed by atoms with van der Waals surface area (Å²) in [6.07, 6.45) is -1.50. The zero-order valence-electron chi connectivity index (χ0n) is 19.8. The lowest BCUT2D eigenvalue weighted by molar-refractivity contribution is -0.146. The molecule has 1 aliphatic rings. The molecule has 3 N–H and O–H groups in total. The Morgan fingerprint density at radius 3 is 2.43 bits per heavy atom. The molecule has 198 valence electrons. The van der Waals surface area contributed by atoms with Crippen LogP contribution in [0.25, 0.3) is 5.69 Å². The van der Waals surface area contributed by atoms with Gasteiger partial charge >= 0.3 is 6.18 Å². The molecule has 0 atom stereocenters. The first-order valence-electron chi connectivity index (χ1n) is 11.2. The predicted octanol–water partition coefficient (Wildman–Crippen LogP) is 4.81. The normalized spacial score (nSPS) is 13.9. The van der Waals surface area contributed by atoms with Crippen molar-refractivity contribution in [3.63, 3.8) is 0 Å². The number of carbonyl (C=O) groups excluding carboxylic acids is 1. The molecule has 4 rings (SSSR count). The van der Waals surface area contributed by atoms with Crippen molar-refractivity contribution in [2.75, 3.05) is 11.1 Å². The maximum Gasteiger partial charge on any atom is 0.452 e. The average molecular weight is 574 g/mol. The van der Waals surface area contributed by atoms with E-state index < -0.39 is 27.9 Å². The first kappa shape index (κ1) is 27.4. The van der Waals surface area contributed by atoms with E-state index in [9.17, 15) is 26.4 Å². The van der Waals surface area contributed by atoms with Crippen molar-refractivity contribution in [3.8, 4) is 5.69 Å². The van der Waals surface area contributed by atoms with Gasteiger partial charge in [0.05, 0.1) is 27.0 Å². The van der Waals surface area contributed by atoms with E-state index in [1.54, 1.807) is 6.92 Å². The number of benzene rings is 2. The molecule has 0 unspecified atom stereocenters. The SMILES string of the molecule is Cc1cc(C)c(-n2c(SCC(=O)Nc3ccc(S(N)(=O)=O)cc3Cl)nnc2C(F)(F)F)c2c1CCCC2. The molecule has 1 amide bonds. The maximum absolute atomic E-state index is 14.0. The number of halogens is 4. The van der Waals surface area contributed by atoms with Crippen molar-refractivity contribution in [2.45, 2.75) is 55.8 Å². The van der Waals surface area contributed by atoms with Crippen LogP contribution in [0.15, 0.2) is 34.3 Å². The summed E-state index contributed by atoms with van der Waals surface area (Å²) in [5.74, 6) is -2.03. The van der Waals surface area contributed by atoms with Gasteiger partial charge in [0, 0.05) is 0 Å². The van der Waals surface area contributed by atoms with Crippen molar-refractivity contribution < 1.29 is 26.4 Å². The number of anilines is 1. The van der Waals surface area contributed by atoms with Crippen LogP contribution in [0, 0.1) is 13.8 Å². The number of nitrogens with two attached hydrogens (primary N) is 1. The third-order valence-corrected chi connectivity index (χ3v) is 8.17. The van der Waals surface area contributed by atoms with Crippen LogP contribution >= 0.6 is 23.4 Å². The Morgan fingerprint density at radius 2 is 1.81 bits per heavy atom. The quantitative estimate of drug-likeness (QED) is 0.408. The van der Waals surface area contributed by atoms with Gasteiger partial charge in [-0.15, -0.1) is 10.2 Å². The summed E-state index contributed by atoms with van der Waals surface area (Å²) in [6, 6.07) is 5.42. The van der Waals surface area contributed by atoms with E-state index in [1.807, 2.05) is 13.0 Å². The van der Waals surface area contributed by atoms with Crippen LogP contribution in [0.1, 0.15) is 40.9 Å². The number of carbonyl (C=O) groups is 1. The molecule has 0 bridgehead atoms. The number of hydrogen-bond donors (Lipinski definition) is 2. The number of hydrogen-bond acceptors (Lipinski definition) is 6. The first-order valence-corrected chi connectivity index (χ1v) is 14.1. The Kier molecular flexibility index (Phi) is 7.62. The zero-order valence-corrected chi connectivity index (χ0v) is 22.2. The molecular formula is C23H23ClF3N5O3S2. The van der Waals surface area contributed by atoms with Gasteiger partial charge in [-0.25, -0.2) is 13.6 Å². The van der Waals surface area contributed by atoms with Crippen molar-refractivity contribution >= 4 is 45.0 Å². The van der Waals surface area contributed by atoms with Gasteiger partial charge in [-0.05, 0) is 80.0 Å².